The molecule has 2 fully saturated rings. The lowest BCUT2D eigenvalue weighted by Crippen LogP contribution is -2.47. The summed E-state index contributed by atoms with van der Waals surface area (Å²) >= 11 is 0. The maximum atomic E-state index is 11.3. The molecule has 12 heavy (non-hydrogen) atoms. The number of nitrogens with two attached hydrogens (primary N) is 2. The van der Waals surface area contributed by atoms with Crippen LogP contribution in [0.2, 0.25) is 0 Å². The molecule has 0 aromatic rings. The molecule has 5 N–H and O–H groups in total. The number of carbonyl (C=O) groups excluding carboxylic acids is 1. The second-order valence-electron chi connectivity index (χ2n) is 3.94. The summed E-state index contributed by atoms with van der Waals surface area (Å²) in [7, 11) is 0. The predicted octanol–water partition coefficient (Wildman–Crippen LogP) is -0.650. The minimum Gasteiger partial charge on any atom is -0.327 e. The fourth-order valence-electron chi connectivity index (χ4n) is 2.82. The van der Waals surface area contributed by atoms with E-state index in [0.29, 0.717) is 11.8 Å². The Balaban J connectivity index is 2.12. The highest BCUT2D eigenvalue weighted by Gasteiger charge is 2.48. The van der Waals surface area contributed by atoms with Crippen LogP contribution >= 0.6 is 0 Å². The summed E-state index contributed by atoms with van der Waals surface area (Å²) in [6.45, 7) is 0. The highest BCUT2D eigenvalue weighted by Crippen LogP contribution is 2.47. The lowest BCUT2D eigenvalue weighted by molar-refractivity contribution is -0.127. The van der Waals surface area contributed by atoms with Crippen molar-refractivity contribution < 1.29 is 4.79 Å². The SMILES string of the molecule is NNC(=O)[C@@H]1[C@H]2CC[C@H](C2)[C@@H]1N. The van der Waals surface area contributed by atoms with Gasteiger partial charge in [0.2, 0.25) is 5.91 Å². The van der Waals surface area contributed by atoms with Crippen molar-refractivity contribution in [1.82, 2.24) is 5.43 Å². The van der Waals surface area contributed by atoms with E-state index in [1.807, 2.05) is 0 Å². The van der Waals surface area contributed by atoms with Gasteiger partial charge < -0.3 is 5.73 Å². The Morgan fingerprint density at radius 2 is 2.00 bits per heavy atom. The molecule has 4 heteroatoms. The van der Waals surface area contributed by atoms with Gasteiger partial charge in [-0.1, -0.05) is 0 Å². The summed E-state index contributed by atoms with van der Waals surface area (Å²) in [5.74, 6) is 6.06. The Morgan fingerprint density at radius 3 is 2.50 bits per heavy atom. The highest BCUT2D eigenvalue weighted by atomic mass is 16.2. The smallest absolute Gasteiger partial charge is 0.238 e. The van der Waals surface area contributed by atoms with Crippen molar-refractivity contribution >= 4 is 5.91 Å². The summed E-state index contributed by atoms with van der Waals surface area (Å²) in [6, 6.07) is 0.0484. The zero-order chi connectivity index (χ0) is 8.72. The Kier molecular flexibility index (Phi) is 1.81. The molecule has 2 bridgehead atoms. The molecule has 0 saturated heterocycles. The van der Waals surface area contributed by atoms with E-state index < -0.39 is 0 Å². The largest absolute Gasteiger partial charge is 0.327 e. The quantitative estimate of drug-likeness (QED) is 0.277. The van der Waals surface area contributed by atoms with Gasteiger partial charge in [-0.15, -0.1) is 0 Å². The van der Waals surface area contributed by atoms with Gasteiger partial charge >= 0.3 is 0 Å². The molecule has 2 aliphatic carbocycles. The van der Waals surface area contributed by atoms with Gasteiger partial charge in [0.15, 0.2) is 0 Å². The van der Waals surface area contributed by atoms with Crippen LogP contribution in [0.3, 0.4) is 0 Å². The number of fused-ring (bicyclic) bond motifs is 2. The van der Waals surface area contributed by atoms with Crippen LogP contribution in [-0.4, -0.2) is 11.9 Å². The van der Waals surface area contributed by atoms with Crippen molar-refractivity contribution in [3.05, 3.63) is 0 Å². The van der Waals surface area contributed by atoms with Gasteiger partial charge in [-0.3, -0.25) is 10.2 Å². The van der Waals surface area contributed by atoms with Gasteiger partial charge in [-0.05, 0) is 31.1 Å². The third kappa shape index (κ3) is 0.949. The lowest BCUT2D eigenvalue weighted by Gasteiger charge is -2.25. The maximum absolute atomic E-state index is 11.3. The number of rotatable bonds is 1. The fraction of sp³-hybridized carbons (Fsp3) is 0.875. The number of hydrogen-bond acceptors (Lipinski definition) is 3. The van der Waals surface area contributed by atoms with Gasteiger partial charge in [0.25, 0.3) is 0 Å². The molecule has 2 rings (SSSR count). The number of amides is 1. The van der Waals surface area contributed by atoms with Gasteiger partial charge in [0.1, 0.15) is 0 Å². The predicted molar refractivity (Wildman–Crippen MR) is 44.6 cm³/mol. The van der Waals surface area contributed by atoms with Crippen molar-refractivity contribution in [1.29, 1.82) is 0 Å². The average molecular weight is 169 g/mol. The van der Waals surface area contributed by atoms with Crippen LogP contribution in [0.1, 0.15) is 19.3 Å². The summed E-state index contributed by atoms with van der Waals surface area (Å²) in [5.41, 5.74) is 8.13. The molecular formula is C8H15N3O. The van der Waals surface area contributed by atoms with E-state index in [9.17, 15) is 4.79 Å². The lowest BCUT2D eigenvalue weighted by atomic mass is 9.84. The number of hydrogen-bond donors (Lipinski definition) is 3. The van der Waals surface area contributed by atoms with Crippen LogP contribution in [0.25, 0.3) is 0 Å². The molecule has 0 radical (unpaired) electrons. The number of hydrazine groups is 1. The molecule has 0 unspecified atom stereocenters. The highest BCUT2D eigenvalue weighted by molar-refractivity contribution is 5.79. The molecule has 2 saturated carbocycles. The molecule has 0 spiro atoms. The summed E-state index contributed by atoms with van der Waals surface area (Å²) in [6.07, 6.45) is 3.47. The van der Waals surface area contributed by atoms with Gasteiger partial charge in [-0.25, -0.2) is 5.84 Å². The van der Waals surface area contributed by atoms with Crippen LogP contribution in [0.5, 0.6) is 0 Å². The third-order valence-corrected chi connectivity index (χ3v) is 3.43. The van der Waals surface area contributed by atoms with Crippen molar-refractivity contribution in [2.24, 2.45) is 29.3 Å². The Bertz CT molecular complexity index is 204. The summed E-state index contributed by atoms with van der Waals surface area (Å²) in [5, 5.41) is 0. The van der Waals surface area contributed by atoms with Crippen LogP contribution in [0.4, 0.5) is 0 Å². The van der Waals surface area contributed by atoms with Crippen molar-refractivity contribution in [3.8, 4) is 0 Å². The van der Waals surface area contributed by atoms with Crippen molar-refractivity contribution in [2.45, 2.75) is 25.3 Å². The zero-order valence-electron chi connectivity index (χ0n) is 6.99. The van der Waals surface area contributed by atoms with Crippen LogP contribution in [-0.2, 0) is 4.79 Å². The Hall–Kier alpha value is -0.610. The fourth-order valence-corrected chi connectivity index (χ4v) is 2.82. The van der Waals surface area contributed by atoms with Gasteiger partial charge in [-0.2, -0.15) is 0 Å². The minimum absolute atomic E-state index is 0.0197. The van der Waals surface area contributed by atoms with E-state index in [0.717, 1.165) is 12.8 Å². The van der Waals surface area contributed by atoms with Gasteiger partial charge in [0.05, 0.1) is 5.92 Å². The molecule has 0 aromatic carbocycles. The second-order valence-corrected chi connectivity index (χ2v) is 3.94. The Labute approximate surface area is 71.6 Å². The van der Waals surface area contributed by atoms with Crippen LogP contribution in [0.15, 0.2) is 0 Å². The number of carbonyl (C=O) groups is 1. The van der Waals surface area contributed by atoms with E-state index in [1.54, 1.807) is 0 Å². The maximum Gasteiger partial charge on any atom is 0.238 e. The molecule has 4 atom stereocenters. The van der Waals surface area contributed by atoms with E-state index in [4.69, 9.17) is 11.6 Å². The van der Waals surface area contributed by atoms with E-state index in [-0.39, 0.29) is 17.9 Å². The molecular weight excluding hydrogens is 154 g/mol. The first kappa shape index (κ1) is 8.01. The van der Waals surface area contributed by atoms with E-state index in [1.165, 1.54) is 6.42 Å². The molecule has 0 aromatic heterocycles. The van der Waals surface area contributed by atoms with Crippen LogP contribution in [0, 0.1) is 17.8 Å². The molecule has 0 heterocycles. The van der Waals surface area contributed by atoms with Gasteiger partial charge in [0, 0.05) is 6.04 Å². The normalized spacial score (nSPS) is 44.8. The number of nitrogens with one attached hydrogen (secondary N) is 1. The van der Waals surface area contributed by atoms with Crippen molar-refractivity contribution in [3.63, 3.8) is 0 Å². The monoisotopic (exact) mass is 169 g/mol. The topological polar surface area (TPSA) is 81.1 Å². The first-order valence-corrected chi connectivity index (χ1v) is 4.50. The second kappa shape index (κ2) is 2.71. The van der Waals surface area contributed by atoms with E-state index >= 15 is 0 Å². The molecule has 4 nitrogen and oxygen atoms in total. The molecule has 1 amide bonds. The Morgan fingerprint density at radius 1 is 1.33 bits per heavy atom. The standard InChI is InChI=1S/C8H15N3O/c9-7-5-2-1-4(3-5)6(7)8(12)11-10/h4-7H,1-3,9-10H2,(H,11,12)/t4-,5+,6+,7-/m0/s1. The molecule has 2 aliphatic rings. The minimum atomic E-state index is -0.0744. The zero-order valence-corrected chi connectivity index (χ0v) is 6.99. The first-order valence-electron chi connectivity index (χ1n) is 4.50. The van der Waals surface area contributed by atoms with Crippen molar-refractivity contribution in [2.75, 3.05) is 0 Å². The summed E-state index contributed by atoms with van der Waals surface area (Å²) < 4.78 is 0. The third-order valence-electron chi connectivity index (χ3n) is 3.43. The van der Waals surface area contributed by atoms with E-state index in [2.05, 4.69) is 5.43 Å². The first-order chi connectivity index (χ1) is 5.74. The summed E-state index contributed by atoms with van der Waals surface area (Å²) in [4.78, 5) is 11.3. The molecule has 0 aliphatic heterocycles. The average Bonchev–Trinajstić information content (AvgIpc) is 2.63. The molecule has 68 valence electrons. The van der Waals surface area contributed by atoms with Crippen LogP contribution < -0.4 is 17.0 Å².